The van der Waals surface area contributed by atoms with Gasteiger partial charge >= 0.3 is 0 Å². The highest BCUT2D eigenvalue weighted by molar-refractivity contribution is 7.15. The first-order chi connectivity index (χ1) is 15.7. The van der Waals surface area contributed by atoms with Gasteiger partial charge in [-0.2, -0.15) is 0 Å². The molecular weight excluding hydrogens is 444 g/mol. The van der Waals surface area contributed by atoms with Gasteiger partial charge in [0.2, 0.25) is 0 Å². The van der Waals surface area contributed by atoms with Gasteiger partial charge in [0.05, 0.1) is 25.5 Å². The first-order valence-corrected chi connectivity index (χ1v) is 11.4. The van der Waals surface area contributed by atoms with Crippen LogP contribution in [0.15, 0.2) is 65.6 Å². The number of benzene rings is 2. The molecule has 5 aromatic rings. The molecule has 3 aromatic heterocycles. The fourth-order valence-corrected chi connectivity index (χ4v) is 4.87. The van der Waals surface area contributed by atoms with Gasteiger partial charge in [0.1, 0.15) is 10.7 Å². The molecule has 32 heavy (non-hydrogen) atoms. The van der Waals surface area contributed by atoms with E-state index in [0.29, 0.717) is 27.9 Å². The Kier molecular flexibility index (Phi) is 5.34. The van der Waals surface area contributed by atoms with E-state index in [9.17, 15) is 4.79 Å². The van der Waals surface area contributed by atoms with E-state index in [2.05, 4.69) is 15.3 Å². The van der Waals surface area contributed by atoms with Gasteiger partial charge in [0.15, 0.2) is 16.5 Å². The number of carbonyl (C=O) groups excluding carboxylic acids is 1. The van der Waals surface area contributed by atoms with E-state index in [0.717, 1.165) is 21.8 Å². The predicted molar refractivity (Wildman–Crippen MR) is 127 cm³/mol. The number of hydrogen-bond acceptors (Lipinski definition) is 7. The quantitative estimate of drug-likeness (QED) is 0.363. The summed E-state index contributed by atoms with van der Waals surface area (Å²) in [5.74, 6) is 0.930. The summed E-state index contributed by atoms with van der Waals surface area (Å²) in [4.78, 5) is 22.8. The molecule has 0 saturated heterocycles. The maximum atomic E-state index is 12.7. The van der Waals surface area contributed by atoms with Crippen LogP contribution in [-0.4, -0.2) is 34.5 Å². The molecule has 0 fully saturated rings. The lowest BCUT2D eigenvalue weighted by molar-refractivity contribution is 0.102. The number of ether oxygens (including phenoxy) is 2. The minimum Gasteiger partial charge on any atom is -0.493 e. The summed E-state index contributed by atoms with van der Waals surface area (Å²) in [6, 6.07) is 13.2. The van der Waals surface area contributed by atoms with Crippen LogP contribution in [0.5, 0.6) is 11.5 Å². The number of rotatable bonds is 6. The van der Waals surface area contributed by atoms with Crippen LogP contribution < -0.4 is 14.8 Å². The van der Waals surface area contributed by atoms with E-state index >= 15 is 0 Å². The number of fused-ring (bicyclic) bond motifs is 1. The van der Waals surface area contributed by atoms with Crippen molar-refractivity contribution in [3.63, 3.8) is 0 Å². The molecule has 9 heteroatoms. The van der Waals surface area contributed by atoms with Gasteiger partial charge in [-0.1, -0.05) is 18.2 Å². The molecule has 3 heterocycles. The van der Waals surface area contributed by atoms with E-state index in [1.807, 2.05) is 64.6 Å². The molecule has 5 rings (SSSR count). The molecule has 0 unspecified atom stereocenters. The maximum Gasteiger partial charge on any atom is 0.275 e. The number of thiazole rings is 2. The predicted octanol–water partition coefficient (Wildman–Crippen LogP) is 5.46. The van der Waals surface area contributed by atoms with Crippen LogP contribution in [-0.2, 0) is 0 Å². The minimum absolute atomic E-state index is 0.274. The van der Waals surface area contributed by atoms with Crippen molar-refractivity contribution in [2.24, 2.45) is 0 Å². The third-order valence-electron chi connectivity index (χ3n) is 4.90. The number of anilines is 1. The largest absolute Gasteiger partial charge is 0.493 e. The van der Waals surface area contributed by atoms with Crippen molar-refractivity contribution < 1.29 is 14.3 Å². The number of carbonyl (C=O) groups is 1. The third-order valence-corrected chi connectivity index (χ3v) is 6.55. The van der Waals surface area contributed by atoms with Gasteiger partial charge in [-0.3, -0.25) is 9.20 Å². The van der Waals surface area contributed by atoms with Crippen LogP contribution in [0, 0.1) is 0 Å². The first kappa shape index (κ1) is 20.2. The molecule has 0 aliphatic carbocycles. The zero-order valence-corrected chi connectivity index (χ0v) is 18.9. The molecule has 0 atom stereocenters. The standard InChI is InChI=1S/C23H18N4O3S2/c1-29-19-5-3-4-16(20(19)30-2)22-25-18(13-32-22)21(28)24-15-8-6-14(7-9-15)17-12-27-10-11-31-23(27)26-17/h3-13H,1-2H3,(H,24,28). The summed E-state index contributed by atoms with van der Waals surface area (Å²) in [6.07, 6.45) is 3.97. The van der Waals surface area contributed by atoms with Gasteiger partial charge in [0.25, 0.3) is 5.91 Å². The van der Waals surface area contributed by atoms with Gasteiger partial charge in [-0.15, -0.1) is 22.7 Å². The van der Waals surface area contributed by atoms with E-state index < -0.39 is 0 Å². The van der Waals surface area contributed by atoms with Crippen LogP contribution in [0.2, 0.25) is 0 Å². The second kappa shape index (κ2) is 8.45. The lowest BCUT2D eigenvalue weighted by atomic mass is 10.1. The normalized spacial score (nSPS) is 10.9. The van der Waals surface area contributed by atoms with Crippen molar-refractivity contribution in [2.75, 3.05) is 19.5 Å². The highest BCUT2D eigenvalue weighted by atomic mass is 32.1. The van der Waals surface area contributed by atoms with Crippen molar-refractivity contribution in [3.8, 4) is 33.3 Å². The van der Waals surface area contributed by atoms with Crippen molar-refractivity contribution in [1.29, 1.82) is 0 Å². The Labute approximate surface area is 191 Å². The molecule has 160 valence electrons. The number of aromatic nitrogens is 3. The first-order valence-electron chi connectivity index (χ1n) is 9.67. The van der Waals surface area contributed by atoms with Crippen molar-refractivity contribution >= 4 is 39.2 Å². The molecule has 1 amide bonds. The molecule has 7 nitrogen and oxygen atoms in total. The summed E-state index contributed by atoms with van der Waals surface area (Å²) in [5.41, 5.74) is 3.69. The molecule has 0 radical (unpaired) electrons. The molecule has 0 aliphatic heterocycles. The second-order valence-corrected chi connectivity index (χ2v) is 8.56. The summed E-state index contributed by atoms with van der Waals surface area (Å²) in [5, 5.41) is 7.31. The lowest BCUT2D eigenvalue weighted by Crippen LogP contribution is -2.12. The summed E-state index contributed by atoms with van der Waals surface area (Å²) in [6.45, 7) is 0. The fourth-order valence-electron chi connectivity index (χ4n) is 3.34. The van der Waals surface area contributed by atoms with Crippen LogP contribution >= 0.6 is 22.7 Å². The van der Waals surface area contributed by atoms with E-state index in [4.69, 9.17) is 9.47 Å². The van der Waals surface area contributed by atoms with Crippen molar-refractivity contribution in [3.05, 3.63) is 71.3 Å². The average molecular weight is 463 g/mol. The van der Waals surface area contributed by atoms with Crippen LogP contribution in [0.25, 0.3) is 26.8 Å². The molecule has 1 N–H and O–H groups in total. The van der Waals surface area contributed by atoms with Crippen LogP contribution in [0.1, 0.15) is 10.5 Å². The number of nitrogens with zero attached hydrogens (tertiary/aromatic N) is 3. The van der Waals surface area contributed by atoms with Crippen molar-refractivity contribution in [1.82, 2.24) is 14.4 Å². The van der Waals surface area contributed by atoms with Gasteiger partial charge in [-0.25, -0.2) is 9.97 Å². The Balaban J connectivity index is 1.33. The minimum atomic E-state index is -0.274. The topological polar surface area (TPSA) is 77.8 Å². The molecule has 0 bridgehead atoms. The Hall–Kier alpha value is -3.69. The number of nitrogens with one attached hydrogen (secondary N) is 1. The fraction of sp³-hybridized carbons (Fsp3) is 0.0870. The Morgan fingerprint density at radius 1 is 1.03 bits per heavy atom. The Morgan fingerprint density at radius 2 is 1.88 bits per heavy atom. The lowest BCUT2D eigenvalue weighted by Gasteiger charge is -2.10. The number of imidazole rings is 1. The third kappa shape index (κ3) is 3.72. The van der Waals surface area contributed by atoms with Gasteiger partial charge < -0.3 is 14.8 Å². The zero-order valence-electron chi connectivity index (χ0n) is 17.2. The molecule has 2 aromatic carbocycles. The van der Waals surface area contributed by atoms with Crippen molar-refractivity contribution in [2.45, 2.75) is 0 Å². The van der Waals surface area contributed by atoms with E-state index in [1.54, 1.807) is 30.9 Å². The maximum absolute atomic E-state index is 12.7. The van der Waals surface area contributed by atoms with E-state index in [1.165, 1.54) is 11.3 Å². The van der Waals surface area contributed by atoms with Gasteiger partial charge in [-0.05, 0) is 24.3 Å². The summed E-state index contributed by atoms with van der Waals surface area (Å²) < 4.78 is 12.8. The summed E-state index contributed by atoms with van der Waals surface area (Å²) in [7, 11) is 3.17. The van der Waals surface area contributed by atoms with Crippen LogP contribution in [0.4, 0.5) is 5.69 Å². The highest BCUT2D eigenvalue weighted by Crippen LogP contribution is 2.39. The Morgan fingerprint density at radius 3 is 2.62 bits per heavy atom. The average Bonchev–Trinajstić information content (AvgIpc) is 3.55. The molecule has 0 aliphatic rings. The molecular formula is C23H18N4O3S2. The van der Waals surface area contributed by atoms with Crippen LogP contribution in [0.3, 0.4) is 0 Å². The molecule has 0 saturated carbocycles. The highest BCUT2D eigenvalue weighted by Gasteiger charge is 2.17. The number of amides is 1. The smallest absolute Gasteiger partial charge is 0.275 e. The Bertz CT molecular complexity index is 1370. The number of hydrogen-bond donors (Lipinski definition) is 1. The number of para-hydroxylation sites is 1. The zero-order chi connectivity index (χ0) is 22.1. The summed E-state index contributed by atoms with van der Waals surface area (Å²) >= 11 is 2.97. The second-order valence-electron chi connectivity index (χ2n) is 6.83. The monoisotopic (exact) mass is 462 g/mol. The molecule has 0 spiro atoms. The van der Waals surface area contributed by atoms with E-state index in [-0.39, 0.29) is 5.91 Å². The number of methoxy groups -OCH3 is 2. The SMILES string of the molecule is COc1cccc(-c2nc(C(=O)Nc3ccc(-c4cn5ccsc5n4)cc3)cs2)c1OC. The van der Waals surface area contributed by atoms with Gasteiger partial charge in [0, 0.05) is 34.4 Å².